The number of carbonyl (C=O) groups is 2. The summed E-state index contributed by atoms with van der Waals surface area (Å²) in [6.45, 7) is 0. The number of anilines is 1. The summed E-state index contributed by atoms with van der Waals surface area (Å²) < 4.78 is 16.0. The molecule has 0 spiro atoms. The smallest absolute Gasteiger partial charge is 0.305 e. The first-order valence-electron chi connectivity index (χ1n) is 10.9. The Balaban J connectivity index is 1.67. The molecular formula is C25H25ClN2O5S2. The van der Waals surface area contributed by atoms with Gasteiger partial charge in [-0.25, -0.2) is 4.98 Å². The number of nitrogens with zero attached hydrogens (tertiary/aromatic N) is 1. The number of nitrogens with one attached hydrogen (secondary N) is 1. The monoisotopic (exact) mass is 532 g/mol. The number of ether oxygens (including phenoxy) is 3. The molecule has 0 saturated carbocycles. The summed E-state index contributed by atoms with van der Waals surface area (Å²) in [6, 6.07) is 11.2. The highest BCUT2D eigenvalue weighted by Gasteiger charge is 2.34. The second kappa shape index (κ2) is 11.3. The Morgan fingerprint density at radius 2 is 1.97 bits per heavy atom. The van der Waals surface area contributed by atoms with E-state index in [-0.39, 0.29) is 17.1 Å². The maximum absolute atomic E-state index is 13.3. The molecule has 1 aromatic heterocycles. The van der Waals surface area contributed by atoms with Gasteiger partial charge in [0, 0.05) is 33.8 Å². The fourth-order valence-corrected chi connectivity index (χ4v) is 6.61. The van der Waals surface area contributed by atoms with Crippen molar-refractivity contribution in [3.63, 3.8) is 0 Å². The lowest BCUT2D eigenvalue weighted by Crippen LogP contribution is -2.26. The SMILES string of the molecule is COC(=O)CCc1cnc(C[C@@H]2S[C@@H](c3cccc(OC)c3OC)c3cc(Cl)ccc3NC2=O)s1. The predicted octanol–water partition coefficient (Wildman–Crippen LogP) is 5.31. The number of thiazole rings is 1. The Morgan fingerprint density at radius 1 is 1.14 bits per heavy atom. The van der Waals surface area contributed by atoms with Crippen molar-refractivity contribution in [2.75, 3.05) is 26.6 Å². The van der Waals surface area contributed by atoms with E-state index in [4.69, 9.17) is 25.8 Å². The van der Waals surface area contributed by atoms with E-state index in [1.54, 1.807) is 26.5 Å². The van der Waals surface area contributed by atoms with Crippen molar-refractivity contribution in [1.29, 1.82) is 0 Å². The molecule has 184 valence electrons. The second-order valence-corrected chi connectivity index (χ2v) is 10.8. The standard InChI is InChI=1S/C25H25ClN2O5S2/c1-31-19-6-4-5-16(23(19)33-3)24-17-11-14(26)7-9-18(17)28-25(30)20(35-24)12-21-27-13-15(34-21)8-10-22(29)32-2/h4-7,9,11,13,20,24H,8,10,12H2,1-3H3,(H,28,30)/t20-,24-/m0/s1. The average molecular weight is 533 g/mol. The molecule has 1 aliphatic heterocycles. The number of aromatic nitrogens is 1. The van der Waals surface area contributed by atoms with Gasteiger partial charge in [-0.3, -0.25) is 9.59 Å². The van der Waals surface area contributed by atoms with Gasteiger partial charge in [-0.05, 0) is 36.2 Å². The molecule has 35 heavy (non-hydrogen) atoms. The van der Waals surface area contributed by atoms with E-state index in [1.807, 2.05) is 30.3 Å². The van der Waals surface area contributed by atoms with Crippen LogP contribution < -0.4 is 14.8 Å². The number of carbonyl (C=O) groups excluding carboxylic acids is 2. The van der Waals surface area contributed by atoms with E-state index < -0.39 is 5.25 Å². The normalized spacial score (nSPS) is 17.2. The molecule has 1 aliphatic rings. The van der Waals surface area contributed by atoms with Gasteiger partial charge >= 0.3 is 5.97 Å². The van der Waals surface area contributed by atoms with Gasteiger partial charge in [0.1, 0.15) is 0 Å². The fourth-order valence-electron chi connectivity index (χ4n) is 3.92. The van der Waals surface area contributed by atoms with Crippen molar-refractivity contribution in [3.05, 3.63) is 68.6 Å². The summed E-state index contributed by atoms with van der Waals surface area (Å²) in [7, 11) is 4.58. The molecule has 0 saturated heterocycles. The van der Waals surface area contributed by atoms with Crippen molar-refractivity contribution < 1.29 is 23.8 Å². The second-order valence-electron chi connectivity index (χ2n) is 7.81. The lowest BCUT2D eigenvalue weighted by Gasteiger charge is -2.23. The molecule has 7 nitrogen and oxygen atoms in total. The minimum Gasteiger partial charge on any atom is -0.493 e. The molecule has 3 aromatic rings. The molecule has 0 fully saturated rings. The number of thioether (sulfide) groups is 1. The third-order valence-electron chi connectivity index (χ3n) is 5.63. The Bertz CT molecular complexity index is 1230. The lowest BCUT2D eigenvalue weighted by atomic mass is 10.0. The summed E-state index contributed by atoms with van der Waals surface area (Å²) in [5.41, 5.74) is 2.49. The van der Waals surface area contributed by atoms with Gasteiger partial charge in [-0.15, -0.1) is 23.1 Å². The van der Waals surface area contributed by atoms with Crippen molar-refractivity contribution in [1.82, 2.24) is 4.98 Å². The van der Waals surface area contributed by atoms with Gasteiger partial charge in [0.2, 0.25) is 5.91 Å². The average Bonchev–Trinajstić information content (AvgIpc) is 3.27. The zero-order chi connectivity index (χ0) is 24.9. The maximum atomic E-state index is 13.3. The van der Waals surface area contributed by atoms with Gasteiger partial charge in [0.25, 0.3) is 0 Å². The van der Waals surface area contributed by atoms with Gasteiger partial charge < -0.3 is 19.5 Å². The van der Waals surface area contributed by atoms with Crippen LogP contribution in [-0.2, 0) is 27.2 Å². The van der Waals surface area contributed by atoms with E-state index in [1.165, 1.54) is 30.2 Å². The minimum atomic E-state index is -0.415. The van der Waals surface area contributed by atoms with Crippen LogP contribution in [0.2, 0.25) is 5.02 Å². The van der Waals surface area contributed by atoms with Gasteiger partial charge in [-0.1, -0.05) is 23.7 Å². The highest BCUT2D eigenvalue weighted by Crippen LogP contribution is 2.50. The summed E-state index contributed by atoms with van der Waals surface area (Å²) in [5.74, 6) is 0.870. The third-order valence-corrected chi connectivity index (χ3v) is 8.43. The molecule has 2 aromatic carbocycles. The van der Waals surface area contributed by atoms with E-state index >= 15 is 0 Å². The highest BCUT2D eigenvalue weighted by atomic mass is 35.5. The fraction of sp³-hybridized carbons (Fsp3) is 0.320. The van der Waals surface area contributed by atoms with Crippen molar-refractivity contribution in [3.8, 4) is 11.5 Å². The highest BCUT2D eigenvalue weighted by molar-refractivity contribution is 8.01. The number of hydrogen-bond acceptors (Lipinski definition) is 8. The van der Waals surface area contributed by atoms with Crippen molar-refractivity contribution >= 4 is 52.3 Å². The van der Waals surface area contributed by atoms with Crippen LogP contribution in [0.15, 0.2) is 42.6 Å². The van der Waals surface area contributed by atoms with E-state index in [2.05, 4.69) is 10.3 Å². The number of amides is 1. The number of halogens is 1. The lowest BCUT2D eigenvalue weighted by molar-refractivity contribution is -0.140. The Labute approximate surface area is 217 Å². The maximum Gasteiger partial charge on any atom is 0.305 e. The third kappa shape index (κ3) is 5.74. The number of benzene rings is 2. The van der Waals surface area contributed by atoms with Gasteiger partial charge in [0.15, 0.2) is 11.5 Å². The molecule has 0 aliphatic carbocycles. The zero-order valence-corrected chi connectivity index (χ0v) is 21.9. The van der Waals surface area contributed by atoms with E-state index in [0.29, 0.717) is 41.5 Å². The number of methoxy groups -OCH3 is 3. The molecule has 2 atom stereocenters. The first-order chi connectivity index (χ1) is 16.9. The van der Waals surface area contributed by atoms with Crippen LogP contribution >= 0.6 is 34.7 Å². The van der Waals surface area contributed by atoms with Crippen molar-refractivity contribution in [2.45, 2.75) is 29.8 Å². The number of esters is 1. The van der Waals surface area contributed by atoms with Crippen LogP contribution in [0.5, 0.6) is 11.5 Å². The molecule has 0 radical (unpaired) electrons. The molecule has 0 unspecified atom stereocenters. The summed E-state index contributed by atoms with van der Waals surface area (Å²) in [6.07, 6.45) is 3.07. The Kier molecular flexibility index (Phi) is 8.20. The largest absolute Gasteiger partial charge is 0.493 e. The van der Waals surface area contributed by atoms with Crippen LogP contribution in [0.3, 0.4) is 0 Å². The van der Waals surface area contributed by atoms with E-state index in [0.717, 1.165) is 21.0 Å². The van der Waals surface area contributed by atoms with Gasteiger partial charge in [-0.2, -0.15) is 0 Å². The molecule has 1 N–H and O–H groups in total. The Morgan fingerprint density at radius 3 is 2.71 bits per heavy atom. The summed E-state index contributed by atoms with van der Waals surface area (Å²) >= 11 is 9.40. The van der Waals surface area contributed by atoms with E-state index in [9.17, 15) is 9.59 Å². The molecule has 0 bridgehead atoms. The van der Waals surface area contributed by atoms with Crippen LogP contribution in [0.1, 0.15) is 32.7 Å². The van der Waals surface area contributed by atoms with Crippen LogP contribution in [0, 0.1) is 0 Å². The number of hydrogen-bond donors (Lipinski definition) is 1. The topological polar surface area (TPSA) is 86.8 Å². The quantitative estimate of drug-likeness (QED) is 0.394. The summed E-state index contributed by atoms with van der Waals surface area (Å²) in [4.78, 5) is 30.2. The number of rotatable bonds is 8. The first-order valence-corrected chi connectivity index (χ1v) is 13.0. The summed E-state index contributed by atoms with van der Waals surface area (Å²) in [5, 5.41) is 3.82. The first kappa shape index (κ1) is 25.3. The number of fused-ring (bicyclic) bond motifs is 1. The molecule has 10 heteroatoms. The minimum absolute atomic E-state index is 0.103. The molecule has 4 rings (SSSR count). The van der Waals surface area contributed by atoms with Crippen molar-refractivity contribution in [2.24, 2.45) is 0 Å². The molecular weight excluding hydrogens is 508 g/mol. The molecule has 1 amide bonds. The Hall–Kier alpha value is -2.75. The number of aryl methyl sites for hydroxylation is 1. The molecule has 2 heterocycles. The zero-order valence-electron chi connectivity index (χ0n) is 19.5. The predicted molar refractivity (Wildman–Crippen MR) is 139 cm³/mol. The van der Waals surface area contributed by atoms with Crippen LogP contribution in [-0.4, -0.2) is 43.4 Å². The van der Waals surface area contributed by atoms with Gasteiger partial charge in [0.05, 0.1) is 43.3 Å². The number of para-hydroxylation sites is 1. The van der Waals surface area contributed by atoms with Crippen LogP contribution in [0.4, 0.5) is 5.69 Å². The van der Waals surface area contributed by atoms with Crippen LogP contribution in [0.25, 0.3) is 0 Å².